The van der Waals surface area contributed by atoms with Gasteiger partial charge in [0.2, 0.25) is 0 Å². The molecule has 5 nitrogen and oxygen atoms in total. The van der Waals surface area contributed by atoms with Gasteiger partial charge in [0.05, 0.1) is 12.1 Å². The molecule has 0 aliphatic carbocycles. The number of hydrogen-bond acceptors (Lipinski definition) is 4. The molecule has 1 aromatic heterocycles. The Morgan fingerprint density at radius 1 is 1.44 bits per heavy atom. The van der Waals surface area contributed by atoms with Gasteiger partial charge in [-0.3, -0.25) is 4.79 Å². The lowest BCUT2D eigenvalue weighted by Crippen LogP contribution is -2.00. The maximum atomic E-state index is 10.6. The number of aryl methyl sites for hydroxylation is 1. The zero-order valence-corrected chi connectivity index (χ0v) is 9.92. The number of benzene rings is 1. The van der Waals surface area contributed by atoms with E-state index in [9.17, 15) is 4.79 Å². The third-order valence-electron chi connectivity index (χ3n) is 2.31. The third-order valence-corrected chi connectivity index (χ3v) is 2.31. The molecule has 18 heavy (non-hydrogen) atoms. The Kier molecular flexibility index (Phi) is 3.62. The second-order valence-corrected chi connectivity index (χ2v) is 3.94. The molecular weight excluding hydrogens is 234 g/mol. The van der Waals surface area contributed by atoms with Crippen LogP contribution < -0.4 is 4.74 Å². The van der Waals surface area contributed by atoms with Gasteiger partial charge in [0.1, 0.15) is 12.4 Å². The molecule has 0 atom stereocenters. The molecule has 0 fully saturated rings. The lowest BCUT2D eigenvalue weighted by Gasteiger charge is -2.05. The molecule has 0 spiro atoms. The summed E-state index contributed by atoms with van der Waals surface area (Å²) in [5, 5.41) is 12.5. The molecule has 0 amide bonds. The van der Waals surface area contributed by atoms with Crippen molar-refractivity contribution in [3.63, 3.8) is 0 Å². The van der Waals surface area contributed by atoms with E-state index in [1.165, 1.54) is 0 Å². The van der Waals surface area contributed by atoms with Crippen molar-refractivity contribution in [2.24, 2.45) is 0 Å². The fraction of sp³-hybridized carbons (Fsp3) is 0.231. The molecule has 5 heteroatoms. The monoisotopic (exact) mass is 247 g/mol. The molecule has 1 aromatic carbocycles. The van der Waals surface area contributed by atoms with Gasteiger partial charge < -0.3 is 14.4 Å². The van der Waals surface area contributed by atoms with Crippen molar-refractivity contribution >= 4 is 5.97 Å². The van der Waals surface area contributed by atoms with Crippen LogP contribution in [0.2, 0.25) is 0 Å². The summed E-state index contributed by atoms with van der Waals surface area (Å²) < 4.78 is 10.5. The lowest BCUT2D eigenvalue weighted by molar-refractivity contribution is -0.136. The molecule has 0 saturated heterocycles. The van der Waals surface area contributed by atoms with E-state index in [1.807, 2.05) is 6.92 Å². The molecule has 0 saturated carbocycles. The predicted molar refractivity (Wildman–Crippen MR) is 63.4 cm³/mol. The maximum Gasteiger partial charge on any atom is 0.307 e. The Hall–Kier alpha value is -2.30. The minimum Gasteiger partial charge on any atom is -0.486 e. The van der Waals surface area contributed by atoms with Crippen molar-refractivity contribution in [1.29, 1.82) is 0 Å². The van der Waals surface area contributed by atoms with Crippen LogP contribution in [0.15, 0.2) is 34.9 Å². The Balaban J connectivity index is 1.98. The number of aliphatic carboxylic acids is 1. The van der Waals surface area contributed by atoms with Crippen LogP contribution in [0.1, 0.15) is 17.0 Å². The first kappa shape index (κ1) is 12.2. The van der Waals surface area contributed by atoms with E-state index < -0.39 is 5.97 Å². The standard InChI is InChI=1S/C13H13NO4/c1-9-5-12(18-14-9)8-17-11-4-2-3-10(6-11)7-13(15)16/h2-6H,7-8H2,1H3,(H,15,16). The summed E-state index contributed by atoms with van der Waals surface area (Å²) in [6.45, 7) is 2.11. The van der Waals surface area contributed by atoms with Crippen LogP contribution in [-0.4, -0.2) is 16.2 Å². The summed E-state index contributed by atoms with van der Waals surface area (Å²) in [4.78, 5) is 10.6. The van der Waals surface area contributed by atoms with E-state index in [2.05, 4.69) is 5.16 Å². The zero-order chi connectivity index (χ0) is 13.0. The van der Waals surface area contributed by atoms with E-state index in [4.69, 9.17) is 14.4 Å². The summed E-state index contributed by atoms with van der Waals surface area (Å²) >= 11 is 0. The predicted octanol–water partition coefficient (Wildman–Crippen LogP) is 2.19. The fourth-order valence-electron chi connectivity index (χ4n) is 1.56. The summed E-state index contributed by atoms with van der Waals surface area (Å²) in [5.74, 6) is 0.386. The molecule has 0 aliphatic heterocycles. The molecule has 2 aromatic rings. The average molecular weight is 247 g/mol. The van der Waals surface area contributed by atoms with E-state index in [0.717, 1.165) is 5.69 Å². The third kappa shape index (κ3) is 3.35. The summed E-state index contributed by atoms with van der Waals surface area (Å²) in [5.41, 5.74) is 1.50. The Morgan fingerprint density at radius 3 is 2.94 bits per heavy atom. The molecule has 1 heterocycles. The largest absolute Gasteiger partial charge is 0.486 e. The number of ether oxygens (including phenoxy) is 1. The molecule has 0 bridgehead atoms. The number of nitrogens with zero attached hydrogens (tertiary/aromatic N) is 1. The van der Waals surface area contributed by atoms with E-state index >= 15 is 0 Å². The van der Waals surface area contributed by atoms with E-state index in [-0.39, 0.29) is 13.0 Å². The first-order valence-corrected chi connectivity index (χ1v) is 5.49. The second kappa shape index (κ2) is 5.35. The average Bonchev–Trinajstić information content (AvgIpc) is 2.72. The zero-order valence-electron chi connectivity index (χ0n) is 9.92. The van der Waals surface area contributed by atoms with Gasteiger partial charge >= 0.3 is 5.97 Å². The minimum atomic E-state index is -0.863. The molecule has 2 rings (SSSR count). The normalized spacial score (nSPS) is 10.3. The molecular formula is C13H13NO4. The number of carboxylic acid groups (broad SMARTS) is 1. The SMILES string of the molecule is Cc1cc(COc2cccc(CC(=O)O)c2)on1. The summed E-state index contributed by atoms with van der Waals surface area (Å²) in [7, 11) is 0. The van der Waals surface area contributed by atoms with Crippen LogP contribution in [-0.2, 0) is 17.8 Å². The van der Waals surface area contributed by atoms with Crippen molar-refractivity contribution in [1.82, 2.24) is 5.16 Å². The number of rotatable bonds is 5. The molecule has 0 unspecified atom stereocenters. The van der Waals surface area contributed by atoms with Crippen LogP contribution in [0.5, 0.6) is 5.75 Å². The van der Waals surface area contributed by atoms with Crippen molar-refractivity contribution in [3.05, 3.63) is 47.3 Å². The Labute approximate surface area is 104 Å². The summed E-state index contributed by atoms with van der Waals surface area (Å²) in [6, 6.07) is 8.78. The van der Waals surface area contributed by atoms with Gasteiger partial charge in [-0.15, -0.1) is 0 Å². The highest BCUT2D eigenvalue weighted by molar-refractivity contribution is 5.70. The quantitative estimate of drug-likeness (QED) is 0.876. The fourth-order valence-corrected chi connectivity index (χ4v) is 1.56. The number of carboxylic acids is 1. The highest BCUT2D eigenvalue weighted by Crippen LogP contribution is 2.16. The maximum absolute atomic E-state index is 10.6. The smallest absolute Gasteiger partial charge is 0.307 e. The molecule has 94 valence electrons. The first-order valence-electron chi connectivity index (χ1n) is 5.49. The van der Waals surface area contributed by atoms with Gasteiger partial charge in [0.15, 0.2) is 5.76 Å². The van der Waals surface area contributed by atoms with Gasteiger partial charge in [-0.2, -0.15) is 0 Å². The topological polar surface area (TPSA) is 72.6 Å². The van der Waals surface area contributed by atoms with Crippen LogP contribution in [0.4, 0.5) is 0 Å². The van der Waals surface area contributed by atoms with Gasteiger partial charge in [-0.1, -0.05) is 17.3 Å². The highest BCUT2D eigenvalue weighted by Gasteiger charge is 2.04. The van der Waals surface area contributed by atoms with E-state index in [0.29, 0.717) is 17.1 Å². The summed E-state index contributed by atoms with van der Waals surface area (Å²) in [6.07, 6.45) is -0.0153. The van der Waals surface area contributed by atoms with E-state index in [1.54, 1.807) is 30.3 Å². The van der Waals surface area contributed by atoms with Crippen LogP contribution in [0.3, 0.4) is 0 Å². The first-order chi connectivity index (χ1) is 8.63. The number of carbonyl (C=O) groups is 1. The van der Waals surface area contributed by atoms with Gasteiger partial charge in [-0.05, 0) is 24.6 Å². The van der Waals surface area contributed by atoms with Crippen LogP contribution in [0, 0.1) is 6.92 Å². The van der Waals surface area contributed by atoms with Crippen LogP contribution in [0.25, 0.3) is 0 Å². The van der Waals surface area contributed by atoms with Crippen molar-refractivity contribution in [2.45, 2.75) is 20.0 Å². The molecule has 1 N–H and O–H groups in total. The van der Waals surface area contributed by atoms with Gasteiger partial charge in [0, 0.05) is 6.07 Å². The van der Waals surface area contributed by atoms with Crippen molar-refractivity contribution in [3.8, 4) is 5.75 Å². The Bertz CT molecular complexity index is 547. The number of aromatic nitrogens is 1. The van der Waals surface area contributed by atoms with Gasteiger partial charge in [0.25, 0.3) is 0 Å². The minimum absolute atomic E-state index is 0.0153. The van der Waals surface area contributed by atoms with Gasteiger partial charge in [-0.25, -0.2) is 0 Å². The van der Waals surface area contributed by atoms with Crippen molar-refractivity contribution < 1.29 is 19.2 Å². The second-order valence-electron chi connectivity index (χ2n) is 3.94. The lowest BCUT2D eigenvalue weighted by atomic mass is 10.1. The van der Waals surface area contributed by atoms with Crippen LogP contribution >= 0.6 is 0 Å². The highest BCUT2D eigenvalue weighted by atomic mass is 16.5. The Morgan fingerprint density at radius 2 is 2.28 bits per heavy atom. The molecule has 0 aliphatic rings. The van der Waals surface area contributed by atoms with Crippen molar-refractivity contribution in [2.75, 3.05) is 0 Å². The number of hydrogen-bond donors (Lipinski definition) is 1. The molecule has 0 radical (unpaired) electrons.